The number of ether oxygens (including phenoxy) is 1. The molecule has 0 saturated carbocycles. The molecule has 7 heteroatoms. The molecule has 0 saturated heterocycles. The fourth-order valence-corrected chi connectivity index (χ4v) is 4.37. The van der Waals surface area contributed by atoms with Gasteiger partial charge in [-0.05, 0) is 31.7 Å². The lowest BCUT2D eigenvalue weighted by atomic mass is 9.99. The number of aryl methyl sites for hydroxylation is 1. The van der Waals surface area contributed by atoms with Crippen molar-refractivity contribution in [2.24, 2.45) is 0 Å². The normalized spacial score (nSPS) is 17.5. The Morgan fingerprint density at radius 1 is 1.24 bits per heavy atom. The first-order valence-electron chi connectivity index (χ1n) is 9.94. The summed E-state index contributed by atoms with van der Waals surface area (Å²) in [7, 11) is 0. The Balaban J connectivity index is 1.90. The maximum Gasteiger partial charge on any atom is 0.338 e. The predicted molar refractivity (Wildman–Crippen MR) is 114 cm³/mol. The highest BCUT2D eigenvalue weighted by Crippen LogP contribution is 2.23. The standard InChI is InChI=1S/C22H27N3O3S/c1-4-16-19(21(26)28-5-2)17(25-22(27)24-16)13-23-20(18-7-6-12-29-18)15-10-8-14(3)9-11-15/h6-12,16,20,23H,4-5,13H2,1-3H3,(H2,24,25,27)/p+1/t16-,20+/m0/s1. The monoisotopic (exact) mass is 414 g/mol. The summed E-state index contributed by atoms with van der Waals surface area (Å²) in [5, 5.41) is 9.87. The fourth-order valence-electron chi connectivity index (χ4n) is 3.52. The van der Waals surface area contributed by atoms with E-state index < -0.39 is 0 Å². The van der Waals surface area contributed by atoms with Crippen LogP contribution in [0.4, 0.5) is 4.79 Å². The van der Waals surface area contributed by atoms with Crippen molar-refractivity contribution in [1.29, 1.82) is 0 Å². The number of benzene rings is 1. The molecule has 1 aromatic heterocycles. The highest BCUT2D eigenvalue weighted by molar-refractivity contribution is 7.10. The highest BCUT2D eigenvalue weighted by Gasteiger charge is 2.33. The van der Waals surface area contributed by atoms with E-state index >= 15 is 0 Å². The number of thiophene rings is 1. The summed E-state index contributed by atoms with van der Waals surface area (Å²) in [4.78, 5) is 25.9. The van der Waals surface area contributed by atoms with Gasteiger partial charge in [-0.15, -0.1) is 11.3 Å². The Bertz CT molecular complexity index is 875. The third-order valence-electron chi connectivity index (χ3n) is 4.99. The number of carbonyl (C=O) groups is 2. The van der Waals surface area contributed by atoms with E-state index in [0.29, 0.717) is 30.8 Å². The largest absolute Gasteiger partial charge is 0.463 e. The van der Waals surface area contributed by atoms with Gasteiger partial charge in [0.25, 0.3) is 0 Å². The van der Waals surface area contributed by atoms with Gasteiger partial charge < -0.3 is 20.7 Å². The average Bonchev–Trinajstić information content (AvgIpc) is 3.23. The van der Waals surface area contributed by atoms with E-state index in [4.69, 9.17) is 4.74 Å². The van der Waals surface area contributed by atoms with Crippen molar-refractivity contribution in [3.63, 3.8) is 0 Å². The quantitative estimate of drug-likeness (QED) is 0.581. The Morgan fingerprint density at radius 2 is 2.00 bits per heavy atom. The van der Waals surface area contributed by atoms with Crippen molar-refractivity contribution in [2.45, 2.75) is 39.3 Å². The molecule has 0 fully saturated rings. The molecule has 0 unspecified atom stereocenters. The number of quaternary nitrogens is 1. The van der Waals surface area contributed by atoms with Crippen molar-refractivity contribution in [3.8, 4) is 0 Å². The summed E-state index contributed by atoms with van der Waals surface area (Å²) in [6, 6.07) is 12.1. The smallest absolute Gasteiger partial charge is 0.338 e. The first kappa shape index (κ1) is 21.1. The zero-order chi connectivity index (χ0) is 20.8. The third-order valence-corrected chi connectivity index (χ3v) is 5.95. The van der Waals surface area contributed by atoms with Crippen LogP contribution in [0.25, 0.3) is 0 Å². The second kappa shape index (κ2) is 9.71. The Labute approximate surface area is 175 Å². The minimum atomic E-state index is -0.377. The van der Waals surface area contributed by atoms with E-state index in [-0.39, 0.29) is 24.1 Å². The first-order valence-corrected chi connectivity index (χ1v) is 10.8. The van der Waals surface area contributed by atoms with Crippen LogP contribution < -0.4 is 16.0 Å². The van der Waals surface area contributed by atoms with Crippen LogP contribution in [0.1, 0.15) is 42.3 Å². The lowest BCUT2D eigenvalue weighted by Gasteiger charge is -2.28. The summed E-state index contributed by atoms with van der Waals surface area (Å²) in [6.07, 6.45) is 0.622. The molecule has 2 atom stereocenters. The molecule has 1 aliphatic heterocycles. The number of rotatable bonds is 8. The Kier molecular flexibility index (Phi) is 7.06. The molecule has 154 valence electrons. The zero-order valence-corrected chi connectivity index (χ0v) is 17.8. The number of hydrogen-bond donors (Lipinski definition) is 3. The van der Waals surface area contributed by atoms with E-state index in [1.807, 2.05) is 13.0 Å². The lowest BCUT2D eigenvalue weighted by Crippen LogP contribution is -2.86. The van der Waals surface area contributed by atoms with Crippen molar-refractivity contribution < 1.29 is 19.6 Å². The number of nitrogens with two attached hydrogens (primary N) is 1. The van der Waals surface area contributed by atoms with Crippen LogP contribution in [0.3, 0.4) is 0 Å². The number of amides is 2. The summed E-state index contributed by atoms with van der Waals surface area (Å²) in [5.74, 6) is -0.377. The van der Waals surface area contributed by atoms with Crippen molar-refractivity contribution in [1.82, 2.24) is 10.6 Å². The molecule has 2 amide bonds. The van der Waals surface area contributed by atoms with Crippen LogP contribution in [0.2, 0.25) is 0 Å². The van der Waals surface area contributed by atoms with Crippen molar-refractivity contribution >= 4 is 23.3 Å². The molecule has 3 rings (SSSR count). The predicted octanol–water partition coefficient (Wildman–Crippen LogP) is 2.62. The molecular formula is C22H28N3O3S+. The van der Waals surface area contributed by atoms with E-state index in [9.17, 15) is 9.59 Å². The van der Waals surface area contributed by atoms with Gasteiger partial charge in [0, 0.05) is 5.56 Å². The molecule has 29 heavy (non-hydrogen) atoms. The van der Waals surface area contributed by atoms with Crippen LogP contribution in [0, 0.1) is 6.92 Å². The van der Waals surface area contributed by atoms with Gasteiger partial charge in [0.2, 0.25) is 0 Å². The fraction of sp³-hybridized carbons (Fsp3) is 0.364. The van der Waals surface area contributed by atoms with Crippen LogP contribution in [0.5, 0.6) is 0 Å². The third kappa shape index (κ3) is 5.05. The van der Waals surface area contributed by atoms with Crippen molar-refractivity contribution in [3.05, 3.63) is 69.1 Å². The van der Waals surface area contributed by atoms with Gasteiger partial charge in [-0.1, -0.05) is 42.8 Å². The lowest BCUT2D eigenvalue weighted by molar-refractivity contribution is -0.680. The minimum Gasteiger partial charge on any atom is -0.463 e. The maximum absolute atomic E-state index is 12.6. The van der Waals surface area contributed by atoms with Crippen LogP contribution in [-0.2, 0) is 9.53 Å². The summed E-state index contributed by atoms with van der Waals surface area (Å²) in [5.41, 5.74) is 3.53. The first-order chi connectivity index (χ1) is 14.0. The maximum atomic E-state index is 12.6. The Hall–Kier alpha value is -2.64. The van der Waals surface area contributed by atoms with Crippen LogP contribution >= 0.6 is 11.3 Å². The molecule has 0 radical (unpaired) electrons. The molecule has 0 aliphatic carbocycles. The van der Waals surface area contributed by atoms with Gasteiger partial charge >= 0.3 is 12.0 Å². The zero-order valence-electron chi connectivity index (χ0n) is 17.0. The van der Waals surface area contributed by atoms with E-state index in [2.05, 4.69) is 58.6 Å². The van der Waals surface area contributed by atoms with Gasteiger partial charge in [-0.2, -0.15) is 0 Å². The van der Waals surface area contributed by atoms with Crippen molar-refractivity contribution in [2.75, 3.05) is 13.2 Å². The number of carbonyl (C=O) groups excluding carboxylic acids is 2. The Morgan fingerprint density at radius 3 is 2.62 bits per heavy atom. The topological polar surface area (TPSA) is 84.0 Å². The minimum absolute atomic E-state index is 0.0819. The summed E-state index contributed by atoms with van der Waals surface area (Å²) < 4.78 is 5.26. The van der Waals surface area contributed by atoms with Crippen LogP contribution in [0.15, 0.2) is 53.0 Å². The molecule has 2 aromatic rings. The average molecular weight is 415 g/mol. The molecule has 0 spiro atoms. The molecule has 1 aliphatic rings. The summed E-state index contributed by atoms with van der Waals surface area (Å²) in [6.45, 7) is 6.56. The molecular weight excluding hydrogens is 386 g/mol. The SMILES string of the molecule is CCOC(=O)C1=C(C[NH2+][C@H](c2ccc(C)cc2)c2cccs2)NC(=O)N[C@H]1CC. The highest BCUT2D eigenvalue weighted by atomic mass is 32.1. The number of esters is 1. The molecule has 2 heterocycles. The number of hydrogen-bond acceptors (Lipinski definition) is 4. The van der Waals surface area contributed by atoms with E-state index in [1.54, 1.807) is 18.3 Å². The van der Waals surface area contributed by atoms with Gasteiger partial charge in [0.15, 0.2) is 0 Å². The van der Waals surface area contributed by atoms with Gasteiger partial charge in [0.05, 0.1) is 28.8 Å². The summed E-state index contributed by atoms with van der Waals surface area (Å²) >= 11 is 1.70. The van der Waals surface area contributed by atoms with E-state index in [1.165, 1.54) is 16.0 Å². The molecule has 0 bridgehead atoms. The second-order valence-electron chi connectivity index (χ2n) is 7.02. The van der Waals surface area contributed by atoms with E-state index in [0.717, 1.165) is 0 Å². The van der Waals surface area contributed by atoms with Crippen LogP contribution in [-0.4, -0.2) is 31.2 Å². The number of nitrogens with one attached hydrogen (secondary N) is 2. The van der Waals surface area contributed by atoms with Gasteiger partial charge in [0.1, 0.15) is 12.6 Å². The molecule has 6 nitrogen and oxygen atoms in total. The van der Waals surface area contributed by atoms with Gasteiger partial charge in [-0.3, -0.25) is 0 Å². The second-order valence-corrected chi connectivity index (χ2v) is 7.99. The molecule has 4 N–H and O–H groups in total. The molecule has 1 aromatic carbocycles. The van der Waals surface area contributed by atoms with Gasteiger partial charge in [-0.25, -0.2) is 9.59 Å². The number of urea groups is 1.